The molecule has 41 heavy (non-hydrogen) atoms. The number of sulfonamides is 1. The van der Waals surface area contributed by atoms with E-state index < -0.39 is 10.0 Å². The summed E-state index contributed by atoms with van der Waals surface area (Å²) < 4.78 is 37.4. The molecule has 1 aromatic carbocycles. The molecular weight excluding hydrogens is 538 g/mol. The second-order valence-corrected chi connectivity index (χ2v) is 14.0. The molecule has 1 saturated heterocycles. The maximum absolute atomic E-state index is 14.1. The second-order valence-electron chi connectivity index (χ2n) is 12.2. The predicted molar refractivity (Wildman–Crippen MR) is 161 cm³/mol. The van der Waals surface area contributed by atoms with Crippen molar-refractivity contribution in [2.45, 2.75) is 88.4 Å². The number of carbonyl (C=O) groups is 1. The first-order chi connectivity index (χ1) is 19.7. The average Bonchev–Trinajstić information content (AvgIpc) is 3.42. The molecule has 2 aliphatic heterocycles. The lowest BCUT2D eigenvalue weighted by molar-refractivity contribution is -0.122. The third kappa shape index (κ3) is 6.66. The smallest absolute Gasteiger partial charge is 0.244 e. The number of fused-ring (bicyclic) bond motifs is 1. The van der Waals surface area contributed by atoms with Crippen molar-refractivity contribution in [3.8, 4) is 5.75 Å². The Bertz CT molecular complexity index is 1290. The molecule has 1 aromatic heterocycles. The third-order valence-electron chi connectivity index (χ3n) is 9.30. The molecule has 0 bridgehead atoms. The van der Waals surface area contributed by atoms with Gasteiger partial charge in [-0.3, -0.25) is 9.69 Å². The van der Waals surface area contributed by atoms with E-state index in [0.29, 0.717) is 60.2 Å². The van der Waals surface area contributed by atoms with Gasteiger partial charge in [0, 0.05) is 69.7 Å². The SMILES string of the molecule is COc1cc(C)c(S(=O)(=O)N2CCn3cccc3C2CCCC(=O)NC2CCCC(N3CCN(C)CC3)C2)c(C)c1. The van der Waals surface area contributed by atoms with Gasteiger partial charge in [-0.05, 0) is 94.8 Å². The van der Waals surface area contributed by atoms with Crippen LogP contribution in [-0.2, 0) is 21.4 Å². The summed E-state index contributed by atoms with van der Waals surface area (Å²) in [5, 5.41) is 3.32. The standard InChI is InChI=1S/C31H47N5O4S/c1-23-20-27(40-4)21-24(2)31(23)41(38,39)36-19-18-35-13-7-11-28(35)29(36)10-6-12-30(37)32-25-8-5-9-26(22-25)34-16-14-33(3)15-17-34/h7,11,13,20-21,25-26,29H,5-6,8-10,12,14-19,22H2,1-4H3,(H,32,37). The lowest BCUT2D eigenvalue weighted by Crippen LogP contribution is -2.52. The lowest BCUT2D eigenvalue weighted by Gasteiger charge is -2.41. The van der Waals surface area contributed by atoms with E-state index in [1.165, 1.54) is 6.42 Å². The van der Waals surface area contributed by atoms with Crippen LogP contribution in [0.25, 0.3) is 0 Å². The number of likely N-dealkylation sites (N-methyl/N-ethyl adjacent to an activating group) is 1. The minimum absolute atomic E-state index is 0.0801. The molecule has 3 aliphatic rings. The molecule has 0 spiro atoms. The fourth-order valence-electron chi connectivity index (χ4n) is 7.14. The maximum atomic E-state index is 14.1. The van der Waals surface area contributed by atoms with Gasteiger partial charge in [0.05, 0.1) is 18.0 Å². The molecule has 9 nitrogen and oxygen atoms in total. The van der Waals surface area contributed by atoms with Crippen LogP contribution in [0, 0.1) is 13.8 Å². The summed E-state index contributed by atoms with van der Waals surface area (Å²) in [7, 11) is 0.0173. The number of hydrogen-bond acceptors (Lipinski definition) is 6. The van der Waals surface area contributed by atoms with E-state index >= 15 is 0 Å². The second kappa shape index (κ2) is 12.9. The number of ether oxygens (including phenoxy) is 1. The number of aryl methyl sites for hydroxylation is 2. The van der Waals surface area contributed by atoms with E-state index in [9.17, 15) is 13.2 Å². The summed E-state index contributed by atoms with van der Waals surface area (Å²) >= 11 is 0. The summed E-state index contributed by atoms with van der Waals surface area (Å²) in [6.45, 7) is 9.12. The van der Waals surface area contributed by atoms with Gasteiger partial charge >= 0.3 is 0 Å². The van der Waals surface area contributed by atoms with Crippen molar-refractivity contribution in [2.75, 3.05) is 46.9 Å². The molecular formula is C31H47N5O4S. The van der Waals surface area contributed by atoms with Crippen molar-refractivity contribution in [1.82, 2.24) is 24.0 Å². The zero-order valence-corrected chi connectivity index (χ0v) is 26.0. The van der Waals surface area contributed by atoms with Gasteiger partial charge in [0.15, 0.2) is 0 Å². The molecule has 1 amide bonds. The van der Waals surface area contributed by atoms with E-state index in [1.807, 2.05) is 32.2 Å². The number of methoxy groups -OCH3 is 1. The van der Waals surface area contributed by atoms with Crippen molar-refractivity contribution in [3.05, 3.63) is 47.3 Å². The highest BCUT2D eigenvalue weighted by molar-refractivity contribution is 7.89. The van der Waals surface area contributed by atoms with Crippen molar-refractivity contribution in [1.29, 1.82) is 0 Å². The first-order valence-electron chi connectivity index (χ1n) is 15.2. The number of nitrogens with zero attached hydrogens (tertiary/aromatic N) is 4. The van der Waals surface area contributed by atoms with Gasteiger partial charge in [0.2, 0.25) is 15.9 Å². The Morgan fingerprint density at radius 3 is 2.49 bits per heavy atom. The van der Waals surface area contributed by atoms with Gasteiger partial charge in [-0.25, -0.2) is 8.42 Å². The third-order valence-corrected chi connectivity index (χ3v) is 11.5. The molecule has 10 heteroatoms. The van der Waals surface area contributed by atoms with Gasteiger partial charge < -0.3 is 19.5 Å². The molecule has 1 saturated carbocycles. The Balaban J connectivity index is 1.22. The summed E-state index contributed by atoms with van der Waals surface area (Å²) in [4.78, 5) is 18.4. The predicted octanol–water partition coefficient (Wildman–Crippen LogP) is 3.70. The molecule has 3 atom stereocenters. The quantitative estimate of drug-likeness (QED) is 0.483. The van der Waals surface area contributed by atoms with Crippen LogP contribution in [0.5, 0.6) is 5.75 Å². The Hall–Kier alpha value is -2.40. The normalized spacial score (nSPS) is 24.6. The first-order valence-corrected chi connectivity index (χ1v) is 16.7. The maximum Gasteiger partial charge on any atom is 0.244 e. The van der Waals surface area contributed by atoms with Crippen molar-refractivity contribution in [2.24, 2.45) is 0 Å². The van der Waals surface area contributed by atoms with Gasteiger partial charge in [-0.15, -0.1) is 0 Å². The van der Waals surface area contributed by atoms with Gasteiger partial charge in [-0.1, -0.05) is 0 Å². The number of nitrogens with one attached hydrogen (secondary N) is 1. The number of aromatic nitrogens is 1. The molecule has 226 valence electrons. The van der Waals surface area contributed by atoms with Crippen LogP contribution in [0.3, 0.4) is 0 Å². The van der Waals surface area contributed by atoms with Crippen molar-refractivity contribution in [3.63, 3.8) is 0 Å². The summed E-state index contributed by atoms with van der Waals surface area (Å²) in [5.41, 5.74) is 2.36. The number of piperazine rings is 1. The van der Waals surface area contributed by atoms with Crippen LogP contribution < -0.4 is 10.1 Å². The zero-order chi connectivity index (χ0) is 29.1. The number of rotatable bonds is 9. The summed E-state index contributed by atoms with van der Waals surface area (Å²) in [6.07, 6.45) is 8.08. The fourth-order valence-corrected chi connectivity index (χ4v) is 9.18. The molecule has 2 aromatic rings. The van der Waals surface area contributed by atoms with E-state index in [1.54, 1.807) is 23.5 Å². The molecule has 1 aliphatic carbocycles. The molecule has 3 unspecified atom stereocenters. The van der Waals surface area contributed by atoms with Crippen LogP contribution in [0.4, 0.5) is 0 Å². The number of amides is 1. The Morgan fingerprint density at radius 1 is 1.05 bits per heavy atom. The van der Waals surface area contributed by atoms with Gasteiger partial charge in [-0.2, -0.15) is 4.31 Å². The average molecular weight is 586 g/mol. The van der Waals surface area contributed by atoms with E-state index in [4.69, 9.17) is 4.74 Å². The van der Waals surface area contributed by atoms with Crippen LogP contribution in [0.2, 0.25) is 0 Å². The highest BCUT2D eigenvalue weighted by atomic mass is 32.2. The van der Waals surface area contributed by atoms with Gasteiger partial charge in [0.25, 0.3) is 0 Å². The largest absolute Gasteiger partial charge is 0.497 e. The molecule has 2 fully saturated rings. The van der Waals surface area contributed by atoms with E-state index in [2.05, 4.69) is 26.7 Å². The van der Waals surface area contributed by atoms with E-state index in [0.717, 1.165) is 51.1 Å². The zero-order valence-electron chi connectivity index (χ0n) is 25.1. The molecule has 5 rings (SSSR count). The molecule has 0 radical (unpaired) electrons. The minimum Gasteiger partial charge on any atom is -0.497 e. The fraction of sp³-hybridized carbons (Fsp3) is 0.645. The van der Waals surface area contributed by atoms with E-state index in [-0.39, 0.29) is 18.0 Å². The van der Waals surface area contributed by atoms with Crippen molar-refractivity contribution < 1.29 is 17.9 Å². The minimum atomic E-state index is -3.76. The monoisotopic (exact) mass is 585 g/mol. The Kier molecular flexibility index (Phi) is 9.43. The lowest BCUT2D eigenvalue weighted by atomic mass is 9.89. The highest BCUT2D eigenvalue weighted by Gasteiger charge is 2.38. The number of carbonyl (C=O) groups excluding carboxylic acids is 1. The van der Waals surface area contributed by atoms with Crippen LogP contribution >= 0.6 is 0 Å². The summed E-state index contributed by atoms with van der Waals surface area (Å²) in [6, 6.07) is 8.03. The van der Waals surface area contributed by atoms with Crippen molar-refractivity contribution >= 4 is 15.9 Å². The van der Waals surface area contributed by atoms with Crippen LogP contribution in [-0.4, -0.2) is 92.0 Å². The Morgan fingerprint density at radius 2 is 1.78 bits per heavy atom. The highest BCUT2D eigenvalue weighted by Crippen LogP contribution is 2.37. The topological polar surface area (TPSA) is 87.1 Å². The first kappa shape index (κ1) is 30.1. The molecule has 1 N–H and O–H groups in total. The summed E-state index contributed by atoms with van der Waals surface area (Å²) in [5.74, 6) is 0.735. The van der Waals surface area contributed by atoms with Crippen LogP contribution in [0.1, 0.15) is 67.8 Å². The van der Waals surface area contributed by atoms with Gasteiger partial charge in [0.1, 0.15) is 5.75 Å². The Labute approximate surface area is 245 Å². The number of hydrogen-bond donors (Lipinski definition) is 1. The number of benzene rings is 1. The van der Waals surface area contributed by atoms with Crippen LogP contribution in [0.15, 0.2) is 35.4 Å². The molecule has 3 heterocycles.